The monoisotopic (exact) mass is 335 g/mol. The zero-order valence-electron chi connectivity index (χ0n) is 10.9. The molecule has 0 unspecified atom stereocenters. The number of hydrogen-bond acceptors (Lipinski definition) is 1. The van der Waals surface area contributed by atoms with Gasteiger partial charge in [-0.05, 0) is 58.3 Å². The van der Waals surface area contributed by atoms with Gasteiger partial charge >= 0.3 is 6.18 Å². The van der Waals surface area contributed by atoms with E-state index in [0.717, 1.165) is 24.4 Å². The van der Waals surface area contributed by atoms with E-state index in [1.165, 1.54) is 18.9 Å². The van der Waals surface area contributed by atoms with Crippen molar-refractivity contribution < 1.29 is 13.2 Å². The second kappa shape index (κ2) is 5.00. The Hall–Kier alpha value is -0.710. The predicted molar refractivity (Wildman–Crippen MR) is 74.1 cm³/mol. The summed E-state index contributed by atoms with van der Waals surface area (Å²) < 4.78 is 38.1. The lowest BCUT2D eigenvalue weighted by atomic mass is 9.92. The molecule has 0 aliphatic heterocycles. The lowest BCUT2D eigenvalue weighted by Crippen LogP contribution is -2.21. The van der Waals surface area contributed by atoms with Crippen molar-refractivity contribution in [3.05, 3.63) is 28.2 Å². The summed E-state index contributed by atoms with van der Waals surface area (Å²) in [5.41, 5.74) is 0.414. The smallest absolute Gasteiger partial charge is 0.384 e. The first-order valence-corrected chi connectivity index (χ1v) is 7.14. The van der Waals surface area contributed by atoms with E-state index in [-0.39, 0.29) is 0 Å². The molecular weight excluding hydrogens is 319 g/mol. The Morgan fingerprint density at radius 3 is 2.37 bits per heavy atom. The Kier molecular flexibility index (Phi) is 3.87. The molecule has 1 fully saturated rings. The quantitative estimate of drug-likeness (QED) is 0.785. The summed E-state index contributed by atoms with van der Waals surface area (Å²) in [4.78, 5) is 0. The Balaban J connectivity index is 2.06. The number of halogens is 4. The molecule has 0 saturated heterocycles. The van der Waals surface area contributed by atoms with E-state index < -0.39 is 11.7 Å². The highest BCUT2D eigenvalue weighted by atomic mass is 79.9. The highest BCUT2D eigenvalue weighted by Crippen LogP contribution is 2.51. The van der Waals surface area contributed by atoms with Crippen molar-refractivity contribution in [1.29, 1.82) is 0 Å². The minimum atomic E-state index is -4.29. The lowest BCUT2D eigenvalue weighted by Gasteiger charge is -2.21. The molecule has 0 bridgehead atoms. The SMILES string of the molecule is CC(C)C1(CNc2ccc(C(F)(F)F)cc2Br)CC1. The second-order valence-electron chi connectivity index (χ2n) is 5.56. The van der Waals surface area contributed by atoms with Crippen LogP contribution in [0.1, 0.15) is 32.3 Å². The Labute approximate surface area is 119 Å². The Morgan fingerprint density at radius 2 is 1.95 bits per heavy atom. The van der Waals surface area contributed by atoms with Gasteiger partial charge in [0, 0.05) is 16.7 Å². The van der Waals surface area contributed by atoms with Crippen LogP contribution in [-0.2, 0) is 6.18 Å². The molecule has 1 N–H and O–H groups in total. The first-order chi connectivity index (χ1) is 8.74. The summed E-state index contributed by atoms with van der Waals surface area (Å²) in [7, 11) is 0. The molecule has 0 heterocycles. The second-order valence-corrected chi connectivity index (χ2v) is 6.42. The van der Waals surface area contributed by atoms with Crippen LogP contribution in [0.5, 0.6) is 0 Å². The topological polar surface area (TPSA) is 12.0 Å². The summed E-state index contributed by atoms with van der Waals surface area (Å²) in [5, 5.41) is 3.26. The lowest BCUT2D eigenvalue weighted by molar-refractivity contribution is -0.137. The van der Waals surface area contributed by atoms with Crippen molar-refractivity contribution in [2.45, 2.75) is 32.9 Å². The fourth-order valence-electron chi connectivity index (χ4n) is 2.22. The van der Waals surface area contributed by atoms with Crippen LogP contribution in [0.2, 0.25) is 0 Å². The summed E-state index contributed by atoms with van der Waals surface area (Å²) >= 11 is 3.20. The molecular formula is C14H17BrF3N. The van der Waals surface area contributed by atoms with Crippen molar-refractivity contribution in [3.63, 3.8) is 0 Å². The molecule has 1 aromatic rings. The van der Waals surface area contributed by atoms with Crippen LogP contribution < -0.4 is 5.32 Å². The van der Waals surface area contributed by atoms with Crippen LogP contribution >= 0.6 is 15.9 Å². The Bertz CT molecular complexity index is 464. The minimum Gasteiger partial charge on any atom is -0.384 e. The van der Waals surface area contributed by atoms with Gasteiger partial charge in [-0.15, -0.1) is 0 Å². The molecule has 1 aliphatic carbocycles. The molecule has 1 aromatic carbocycles. The van der Waals surface area contributed by atoms with Crippen LogP contribution in [0.4, 0.5) is 18.9 Å². The molecule has 106 valence electrons. The fraction of sp³-hybridized carbons (Fsp3) is 0.571. The molecule has 0 amide bonds. The predicted octanol–water partition coefficient (Wildman–Crippen LogP) is 5.32. The standard InChI is InChI=1S/C14H17BrF3N/c1-9(2)13(5-6-13)8-19-12-4-3-10(7-11(12)15)14(16,17)18/h3-4,7,9,19H,5-6,8H2,1-2H3. The van der Waals surface area contributed by atoms with Crippen LogP contribution in [0.3, 0.4) is 0 Å². The highest BCUT2D eigenvalue weighted by molar-refractivity contribution is 9.10. The van der Waals surface area contributed by atoms with Crippen molar-refractivity contribution in [2.75, 3.05) is 11.9 Å². The van der Waals surface area contributed by atoms with Crippen molar-refractivity contribution in [2.24, 2.45) is 11.3 Å². The van der Waals surface area contributed by atoms with Gasteiger partial charge in [0.2, 0.25) is 0 Å². The first kappa shape index (κ1) is 14.7. The van der Waals surface area contributed by atoms with Crippen LogP contribution in [-0.4, -0.2) is 6.54 Å². The zero-order chi connectivity index (χ0) is 14.3. The van der Waals surface area contributed by atoms with Crippen molar-refractivity contribution in [3.8, 4) is 0 Å². The molecule has 1 saturated carbocycles. The van der Waals surface area contributed by atoms with E-state index >= 15 is 0 Å². The van der Waals surface area contributed by atoms with Crippen molar-refractivity contribution >= 4 is 21.6 Å². The van der Waals surface area contributed by atoms with Gasteiger partial charge in [0.25, 0.3) is 0 Å². The molecule has 2 rings (SSSR count). The number of benzene rings is 1. The van der Waals surface area contributed by atoms with E-state index in [1.807, 2.05) is 0 Å². The average Bonchev–Trinajstić information content (AvgIpc) is 3.07. The van der Waals surface area contributed by atoms with Gasteiger partial charge in [-0.3, -0.25) is 0 Å². The van der Waals surface area contributed by atoms with Gasteiger partial charge in [0.15, 0.2) is 0 Å². The first-order valence-electron chi connectivity index (χ1n) is 6.35. The van der Waals surface area contributed by atoms with Gasteiger partial charge in [0.1, 0.15) is 0 Å². The van der Waals surface area contributed by atoms with Crippen LogP contribution in [0, 0.1) is 11.3 Å². The van der Waals surface area contributed by atoms with Crippen LogP contribution in [0.25, 0.3) is 0 Å². The maximum absolute atomic E-state index is 12.5. The molecule has 0 radical (unpaired) electrons. The fourth-order valence-corrected chi connectivity index (χ4v) is 2.74. The Morgan fingerprint density at radius 1 is 1.32 bits per heavy atom. The highest BCUT2D eigenvalue weighted by Gasteiger charge is 2.45. The maximum atomic E-state index is 12.5. The largest absolute Gasteiger partial charge is 0.416 e. The summed E-state index contributed by atoms with van der Waals surface area (Å²) in [6.07, 6.45) is -1.91. The molecule has 1 aliphatic rings. The van der Waals surface area contributed by atoms with Gasteiger partial charge in [-0.25, -0.2) is 0 Å². The normalized spacial score (nSPS) is 17.6. The molecule has 0 spiro atoms. The number of anilines is 1. The number of rotatable bonds is 4. The number of alkyl halides is 3. The average molecular weight is 336 g/mol. The summed E-state index contributed by atoms with van der Waals surface area (Å²) in [5.74, 6) is 0.591. The van der Waals surface area contributed by atoms with E-state index in [4.69, 9.17) is 0 Å². The van der Waals surface area contributed by atoms with E-state index in [0.29, 0.717) is 15.8 Å². The maximum Gasteiger partial charge on any atom is 0.416 e. The van der Waals surface area contributed by atoms with Gasteiger partial charge in [-0.1, -0.05) is 13.8 Å². The van der Waals surface area contributed by atoms with Crippen molar-refractivity contribution in [1.82, 2.24) is 0 Å². The molecule has 5 heteroatoms. The van der Waals surface area contributed by atoms with E-state index in [9.17, 15) is 13.2 Å². The van der Waals surface area contributed by atoms with Gasteiger partial charge < -0.3 is 5.32 Å². The third-order valence-electron chi connectivity index (χ3n) is 4.04. The van der Waals surface area contributed by atoms with E-state index in [1.54, 1.807) is 0 Å². The third kappa shape index (κ3) is 3.25. The minimum absolute atomic E-state index is 0.322. The van der Waals surface area contributed by atoms with Gasteiger partial charge in [0.05, 0.1) is 5.56 Å². The zero-order valence-corrected chi connectivity index (χ0v) is 12.5. The number of nitrogens with one attached hydrogen (secondary N) is 1. The molecule has 19 heavy (non-hydrogen) atoms. The molecule has 0 atom stereocenters. The summed E-state index contributed by atoms with van der Waals surface area (Å²) in [6.45, 7) is 5.20. The molecule has 0 aromatic heterocycles. The van der Waals surface area contributed by atoms with Crippen LogP contribution in [0.15, 0.2) is 22.7 Å². The summed E-state index contributed by atoms with van der Waals surface area (Å²) in [6, 6.07) is 3.72. The van der Waals surface area contributed by atoms with Gasteiger partial charge in [-0.2, -0.15) is 13.2 Å². The van der Waals surface area contributed by atoms with E-state index in [2.05, 4.69) is 35.1 Å². The molecule has 1 nitrogen and oxygen atoms in total. The third-order valence-corrected chi connectivity index (χ3v) is 4.70. The number of hydrogen-bond donors (Lipinski definition) is 1.